The highest BCUT2D eigenvalue weighted by atomic mass is 32.2. The van der Waals surface area contributed by atoms with E-state index in [4.69, 9.17) is 0 Å². The molecule has 0 aromatic carbocycles. The first-order chi connectivity index (χ1) is 5.83. The van der Waals surface area contributed by atoms with E-state index in [1.54, 1.807) is 11.8 Å². The molecule has 0 saturated carbocycles. The lowest BCUT2D eigenvalue weighted by Crippen LogP contribution is -2.05. The van der Waals surface area contributed by atoms with Gasteiger partial charge in [0.25, 0.3) is 5.12 Å². The van der Waals surface area contributed by atoms with Gasteiger partial charge in [-0.05, 0) is 17.9 Å². The van der Waals surface area contributed by atoms with Crippen LogP contribution in [0.25, 0.3) is 0 Å². The van der Waals surface area contributed by atoms with Crippen LogP contribution in [0.15, 0.2) is 0 Å². The summed E-state index contributed by atoms with van der Waals surface area (Å²) in [6.45, 7) is 0. The van der Waals surface area contributed by atoms with Crippen LogP contribution in [-0.2, 0) is 9.59 Å². The number of carbonyl (C=O) groups excluding carboxylic acids is 2. The van der Waals surface area contributed by atoms with Gasteiger partial charge in [-0.1, -0.05) is 11.8 Å². The molecule has 1 aliphatic rings. The van der Waals surface area contributed by atoms with Crippen LogP contribution in [0.5, 0.6) is 0 Å². The lowest BCUT2D eigenvalue weighted by atomic mass is 10.6. The molecule has 5 heteroatoms. The molecule has 1 fully saturated rings. The molecular weight excluding hydrogens is 212 g/mol. The Morgan fingerprint density at radius 2 is 2.33 bits per heavy atom. The predicted molar refractivity (Wildman–Crippen MR) is 56.9 cm³/mol. The van der Waals surface area contributed by atoms with Crippen molar-refractivity contribution in [1.29, 1.82) is 0 Å². The van der Waals surface area contributed by atoms with Crippen molar-refractivity contribution in [2.24, 2.45) is 0 Å². The van der Waals surface area contributed by atoms with Crippen LogP contribution in [0, 0.1) is 0 Å². The number of thioether (sulfide) groups is 3. The van der Waals surface area contributed by atoms with E-state index in [0.717, 1.165) is 11.5 Å². The fraction of sp³-hybridized carbons (Fsp3) is 0.714. The third-order valence-electron chi connectivity index (χ3n) is 1.33. The topological polar surface area (TPSA) is 34.1 Å². The number of carbonyl (C=O) groups is 2. The van der Waals surface area contributed by atoms with E-state index >= 15 is 0 Å². The molecule has 1 saturated heterocycles. The van der Waals surface area contributed by atoms with Crippen molar-refractivity contribution in [2.45, 2.75) is 11.0 Å². The summed E-state index contributed by atoms with van der Waals surface area (Å²) in [6.07, 6.45) is 1.61. The zero-order valence-electron chi connectivity index (χ0n) is 6.52. The maximum atomic E-state index is 10.8. The van der Waals surface area contributed by atoms with Crippen molar-refractivity contribution >= 4 is 46.7 Å². The maximum Gasteiger partial charge on any atom is 0.252 e. The molecule has 0 aromatic heterocycles. The summed E-state index contributed by atoms with van der Waals surface area (Å²) in [5, 5.41) is -0.338. The first-order valence-electron chi connectivity index (χ1n) is 3.68. The number of aldehydes is 1. The Labute approximate surface area is 84.6 Å². The van der Waals surface area contributed by atoms with Gasteiger partial charge in [-0.25, -0.2) is 0 Å². The molecule has 0 N–H and O–H groups in total. The summed E-state index contributed by atoms with van der Waals surface area (Å²) in [7, 11) is 0. The Bertz CT molecular complexity index is 164. The van der Waals surface area contributed by atoms with E-state index in [2.05, 4.69) is 0 Å². The highest BCUT2D eigenvalue weighted by molar-refractivity contribution is 8.26. The molecule has 1 unspecified atom stereocenters. The molecule has 0 spiro atoms. The Balaban J connectivity index is 2.29. The van der Waals surface area contributed by atoms with Crippen molar-refractivity contribution in [3.63, 3.8) is 0 Å². The Kier molecular flexibility index (Phi) is 5.18. The fourth-order valence-electron chi connectivity index (χ4n) is 0.829. The molecule has 0 amide bonds. The number of hydrogen-bond donors (Lipinski definition) is 0. The van der Waals surface area contributed by atoms with Crippen molar-refractivity contribution < 1.29 is 9.59 Å². The van der Waals surface area contributed by atoms with Crippen LogP contribution in [-0.4, -0.2) is 33.2 Å². The minimum atomic E-state index is -0.338. The fourth-order valence-corrected chi connectivity index (χ4v) is 4.69. The maximum absolute atomic E-state index is 10.8. The zero-order chi connectivity index (χ0) is 8.81. The molecule has 0 aromatic rings. The molecule has 0 bridgehead atoms. The molecule has 1 atom stereocenters. The molecule has 1 heterocycles. The van der Waals surface area contributed by atoms with E-state index in [-0.39, 0.29) is 9.70 Å². The summed E-state index contributed by atoms with van der Waals surface area (Å²) in [5.74, 6) is 3.27. The van der Waals surface area contributed by atoms with Crippen LogP contribution in [0.3, 0.4) is 0 Å². The van der Waals surface area contributed by atoms with E-state index < -0.39 is 0 Å². The predicted octanol–water partition coefficient (Wildman–Crippen LogP) is 1.64. The first kappa shape index (κ1) is 10.5. The average molecular weight is 222 g/mol. The van der Waals surface area contributed by atoms with Gasteiger partial charge in [0, 0.05) is 5.75 Å². The quantitative estimate of drug-likeness (QED) is 0.524. The van der Waals surface area contributed by atoms with Gasteiger partial charge in [0.2, 0.25) is 0 Å². The average Bonchev–Trinajstić information content (AvgIpc) is 2.33. The van der Waals surface area contributed by atoms with E-state index in [0.29, 0.717) is 6.29 Å². The lowest BCUT2D eigenvalue weighted by Gasteiger charge is -2.08. The highest BCUT2D eigenvalue weighted by Crippen LogP contribution is 2.31. The normalized spacial score (nSPS) is 24.5. The van der Waals surface area contributed by atoms with Gasteiger partial charge < -0.3 is 0 Å². The third-order valence-corrected chi connectivity index (χ3v) is 5.42. The monoisotopic (exact) mass is 222 g/mol. The standard InChI is InChI=1S/C7H10O2S3/c8-4-6(9)12-7-5-10-2-1-3-11-7/h4,7H,1-3,5H2. The van der Waals surface area contributed by atoms with Gasteiger partial charge in [-0.3, -0.25) is 9.59 Å². The van der Waals surface area contributed by atoms with Crippen LogP contribution in [0.1, 0.15) is 6.42 Å². The Morgan fingerprint density at radius 3 is 3.08 bits per heavy atom. The van der Waals surface area contributed by atoms with Gasteiger partial charge in [0.15, 0.2) is 6.29 Å². The van der Waals surface area contributed by atoms with Crippen LogP contribution in [0.4, 0.5) is 0 Å². The second-order valence-corrected chi connectivity index (χ2v) is 6.25. The van der Waals surface area contributed by atoms with Crippen molar-refractivity contribution in [2.75, 3.05) is 17.3 Å². The summed E-state index contributed by atoms with van der Waals surface area (Å²) in [6, 6.07) is 0. The molecular formula is C7H10O2S3. The van der Waals surface area contributed by atoms with Gasteiger partial charge in [-0.15, -0.1) is 11.8 Å². The van der Waals surface area contributed by atoms with Crippen LogP contribution < -0.4 is 0 Å². The summed E-state index contributed by atoms with van der Waals surface area (Å²) in [4.78, 5) is 20.8. The van der Waals surface area contributed by atoms with Crippen LogP contribution in [0.2, 0.25) is 0 Å². The Hall–Kier alpha value is 0.390. The number of rotatable bonds is 2. The van der Waals surface area contributed by atoms with Crippen molar-refractivity contribution in [3.8, 4) is 0 Å². The van der Waals surface area contributed by atoms with Crippen LogP contribution >= 0.6 is 35.3 Å². The van der Waals surface area contributed by atoms with E-state index in [1.165, 1.54) is 23.9 Å². The van der Waals surface area contributed by atoms with Gasteiger partial charge in [0.1, 0.15) is 0 Å². The summed E-state index contributed by atoms with van der Waals surface area (Å²) in [5.41, 5.74) is 0. The largest absolute Gasteiger partial charge is 0.294 e. The van der Waals surface area contributed by atoms with E-state index in [9.17, 15) is 9.59 Å². The summed E-state index contributed by atoms with van der Waals surface area (Å²) < 4.78 is 0.287. The molecule has 1 rings (SSSR count). The van der Waals surface area contributed by atoms with Gasteiger partial charge in [-0.2, -0.15) is 11.8 Å². The minimum absolute atomic E-state index is 0.287. The molecule has 0 aliphatic carbocycles. The molecule has 2 nitrogen and oxygen atoms in total. The SMILES string of the molecule is O=CC(=O)SC1CSCCCS1. The third kappa shape index (κ3) is 3.87. The second-order valence-electron chi connectivity index (χ2n) is 2.28. The van der Waals surface area contributed by atoms with Crippen molar-refractivity contribution in [3.05, 3.63) is 0 Å². The molecule has 68 valence electrons. The zero-order valence-corrected chi connectivity index (χ0v) is 8.97. The second kappa shape index (κ2) is 5.94. The van der Waals surface area contributed by atoms with Crippen molar-refractivity contribution in [1.82, 2.24) is 0 Å². The summed E-state index contributed by atoms with van der Waals surface area (Å²) >= 11 is 4.83. The van der Waals surface area contributed by atoms with E-state index in [1.807, 2.05) is 11.8 Å². The first-order valence-corrected chi connectivity index (χ1v) is 6.76. The van der Waals surface area contributed by atoms with Gasteiger partial charge >= 0.3 is 0 Å². The Morgan fingerprint density at radius 1 is 1.50 bits per heavy atom. The lowest BCUT2D eigenvalue weighted by molar-refractivity contribution is -0.124. The van der Waals surface area contributed by atoms with Gasteiger partial charge in [0.05, 0.1) is 4.58 Å². The molecule has 1 aliphatic heterocycles. The smallest absolute Gasteiger partial charge is 0.252 e. The highest BCUT2D eigenvalue weighted by Gasteiger charge is 2.16. The number of hydrogen-bond acceptors (Lipinski definition) is 5. The molecule has 12 heavy (non-hydrogen) atoms. The molecule has 0 radical (unpaired) electrons. The minimum Gasteiger partial charge on any atom is -0.294 e.